The van der Waals surface area contributed by atoms with Gasteiger partial charge in [0.15, 0.2) is 6.10 Å². The van der Waals surface area contributed by atoms with Gasteiger partial charge in [0.2, 0.25) is 0 Å². The molecular weight excluding hydrogens is 558 g/mol. The van der Waals surface area contributed by atoms with Crippen molar-refractivity contribution in [2.24, 2.45) is 0 Å². The van der Waals surface area contributed by atoms with Gasteiger partial charge in [-0.3, -0.25) is 9.59 Å². The number of carbonyl (C=O) groups is 3. The van der Waals surface area contributed by atoms with Crippen molar-refractivity contribution in [3.05, 3.63) is 48.6 Å². The molecule has 0 fully saturated rings. The molecule has 0 heterocycles. The minimum absolute atomic E-state index is 0.0291. The Kier molecular flexibility index (Phi) is 26.1. The molecule has 0 spiro atoms. The summed E-state index contributed by atoms with van der Waals surface area (Å²) in [4.78, 5) is 35.7. The normalized spacial score (nSPS) is 13.8. The molecule has 0 aliphatic heterocycles. The fourth-order valence-corrected chi connectivity index (χ4v) is 4.39. The highest BCUT2D eigenvalue weighted by Gasteiger charge is 2.25. The van der Waals surface area contributed by atoms with Crippen LogP contribution in [0.3, 0.4) is 0 Å². The Morgan fingerprint density at radius 3 is 1.84 bits per heavy atom. The Morgan fingerprint density at radius 1 is 0.705 bits per heavy atom. The van der Waals surface area contributed by atoms with Gasteiger partial charge in [-0.1, -0.05) is 88.1 Å². The lowest BCUT2D eigenvalue weighted by atomic mass is 10.1. The number of unbranched alkanes of at least 4 members (excludes halogenated alkanes) is 6. The molecule has 8 nitrogen and oxygen atoms in total. The van der Waals surface area contributed by atoms with Crippen molar-refractivity contribution in [3.8, 4) is 0 Å². The van der Waals surface area contributed by atoms with Crippen LogP contribution in [0.4, 0.5) is 0 Å². The molecular formula is C36H61NO7. The number of rotatable bonds is 28. The van der Waals surface area contributed by atoms with Crippen molar-refractivity contribution in [2.45, 2.75) is 122 Å². The van der Waals surface area contributed by atoms with E-state index in [4.69, 9.17) is 14.2 Å². The first-order chi connectivity index (χ1) is 21.1. The molecule has 252 valence electrons. The number of quaternary nitrogens is 1. The third-order valence-corrected chi connectivity index (χ3v) is 6.95. The Labute approximate surface area is 267 Å². The first-order valence-electron chi connectivity index (χ1n) is 16.7. The number of esters is 2. The van der Waals surface area contributed by atoms with E-state index in [2.05, 4.69) is 55.5 Å². The summed E-state index contributed by atoms with van der Waals surface area (Å²) in [6, 6.07) is -0.724. The molecule has 2 unspecified atom stereocenters. The van der Waals surface area contributed by atoms with Crippen LogP contribution in [-0.4, -0.2) is 75.5 Å². The zero-order valence-electron chi connectivity index (χ0n) is 28.3. The molecule has 0 aromatic carbocycles. The van der Waals surface area contributed by atoms with Crippen LogP contribution < -0.4 is 5.11 Å². The van der Waals surface area contributed by atoms with Crippen molar-refractivity contribution in [3.63, 3.8) is 0 Å². The van der Waals surface area contributed by atoms with Gasteiger partial charge >= 0.3 is 11.9 Å². The topological polar surface area (TPSA) is 102 Å². The van der Waals surface area contributed by atoms with Crippen LogP contribution in [0, 0.1) is 0 Å². The highest BCUT2D eigenvalue weighted by Crippen LogP contribution is 2.11. The smallest absolute Gasteiger partial charge is 0.306 e. The van der Waals surface area contributed by atoms with Crippen molar-refractivity contribution in [1.29, 1.82) is 0 Å². The molecule has 0 aliphatic rings. The Balaban J connectivity index is 4.14. The van der Waals surface area contributed by atoms with Crippen molar-refractivity contribution < 1.29 is 38.2 Å². The lowest BCUT2D eigenvalue weighted by molar-refractivity contribution is -0.889. The number of likely N-dealkylation sites (N-methyl/N-ethyl adjacent to an activating group) is 1. The summed E-state index contributed by atoms with van der Waals surface area (Å²) >= 11 is 0. The number of allylic oxidation sites excluding steroid dienone is 8. The zero-order chi connectivity index (χ0) is 32.9. The van der Waals surface area contributed by atoms with E-state index in [1.807, 2.05) is 6.92 Å². The van der Waals surface area contributed by atoms with Gasteiger partial charge in [0.05, 0.1) is 40.3 Å². The molecule has 8 heteroatoms. The standard InChI is InChI=1S/C36H61NO7/c1-6-8-9-10-11-12-13-14-15-16-17-18-19-20-21-22-23-24-25-27-35(39)44-32(31-43-34(38)26-7-2)30-42-29-28-33(36(40)41)37(3,4)5/h8-9,11-12,14-15,17-18,32-33H,6-7,10,13,16,19-31H2,1-5H3/b9-8-,12-11-,15-14-,18-17-. The van der Waals surface area contributed by atoms with E-state index in [0.717, 1.165) is 57.8 Å². The third-order valence-electron chi connectivity index (χ3n) is 6.95. The lowest BCUT2D eigenvalue weighted by Crippen LogP contribution is -2.55. The third kappa shape index (κ3) is 25.8. The van der Waals surface area contributed by atoms with Crippen LogP contribution in [0.2, 0.25) is 0 Å². The number of aliphatic carboxylic acids is 1. The molecule has 44 heavy (non-hydrogen) atoms. The van der Waals surface area contributed by atoms with Gasteiger partial charge in [0.25, 0.3) is 0 Å². The predicted molar refractivity (Wildman–Crippen MR) is 176 cm³/mol. The number of hydrogen-bond donors (Lipinski definition) is 0. The van der Waals surface area contributed by atoms with Crippen LogP contribution in [-0.2, 0) is 28.6 Å². The van der Waals surface area contributed by atoms with Crippen molar-refractivity contribution in [1.82, 2.24) is 0 Å². The zero-order valence-corrected chi connectivity index (χ0v) is 28.3. The molecule has 0 aliphatic carbocycles. The monoisotopic (exact) mass is 619 g/mol. The number of carboxylic acid groups (broad SMARTS) is 1. The molecule has 2 atom stereocenters. The van der Waals surface area contributed by atoms with Gasteiger partial charge in [-0.2, -0.15) is 0 Å². The molecule has 0 bridgehead atoms. The van der Waals surface area contributed by atoms with Crippen molar-refractivity contribution in [2.75, 3.05) is 41.0 Å². The first-order valence-corrected chi connectivity index (χ1v) is 16.7. The predicted octanol–water partition coefficient (Wildman–Crippen LogP) is 6.40. The summed E-state index contributed by atoms with van der Waals surface area (Å²) in [5.41, 5.74) is 0. The van der Waals surface area contributed by atoms with Crippen LogP contribution in [0.25, 0.3) is 0 Å². The minimum Gasteiger partial charge on any atom is -0.544 e. The Morgan fingerprint density at radius 2 is 1.27 bits per heavy atom. The van der Waals surface area contributed by atoms with Crippen LogP contribution in [0.15, 0.2) is 48.6 Å². The largest absolute Gasteiger partial charge is 0.544 e. The van der Waals surface area contributed by atoms with E-state index >= 15 is 0 Å². The first kappa shape index (κ1) is 41.3. The average Bonchev–Trinajstić information content (AvgIpc) is 2.96. The van der Waals surface area contributed by atoms with E-state index in [1.54, 1.807) is 21.1 Å². The molecule has 0 aromatic heterocycles. The molecule has 0 radical (unpaired) electrons. The van der Waals surface area contributed by atoms with Crippen LogP contribution in [0.1, 0.15) is 110 Å². The highest BCUT2D eigenvalue weighted by molar-refractivity contribution is 5.70. The molecule has 0 saturated carbocycles. The Hall–Kier alpha value is -2.71. The maximum atomic E-state index is 12.4. The highest BCUT2D eigenvalue weighted by atomic mass is 16.6. The molecule has 0 N–H and O–H groups in total. The number of nitrogens with zero attached hydrogens (tertiary/aromatic N) is 1. The van der Waals surface area contributed by atoms with E-state index in [-0.39, 0.29) is 42.7 Å². The number of hydrogen-bond acceptors (Lipinski definition) is 7. The summed E-state index contributed by atoms with van der Waals surface area (Å²) in [5, 5.41) is 11.4. The van der Waals surface area contributed by atoms with E-state index in [0.29, 0.717) is 19.3 Å². The van der Waals surface area contributed by atoms with Crippen LogP contribution >= 0.6 is 0 Å². The lowest BCUT2D eigenvalue weighted by Gasteiger charge is -2.34. The average molecular weight is 620 g/mol. The minimum atomic E-state index is -1.14. The maximum absolute atomic E-state index is 12.4. The van der Waals surface area contributed by atoms with Gasteiger partial charge in [-0.05, 0) is 51.4 Å². The van der Waals surface area contributed by atoms with Crippen molar-refractivity contribution >= 4 is 17.9 Å². The fourth-order valence-electron chi connectivity index (χ4n) is 4.39. The second kappa shape index (κ2) is 27.8. The van der Waals surface area contributed by atoms with Gasteiger partial charge in [-0.25, -0.2) is 0 Å². The maximum Gasteiger partial charge on any atom is 0.306 e. The number of ether oxygens (including phenoxy) is 3. The van der Waals surface area contributed by atoms with E-state index in [1.165, 1.54) is 12.8 Å². The Bertz CT molecular complexity index is 870. The second-order valence-electron chi connectivity index (χ2n) is 12.0. The molecule has 0 amide bonds. The number of carboxylic acids is 1. The van der Waals surface area contributed by atoms with Gasteiger partial charge in [-0.15, -0.1) is 0 Å². The summed E-state index contributed by atoms with van der Waals surface area (Å²) in [6.45, 7) is 4.14. The molecule has 0 saturated heterocycles. The summed E-state index contributed by atoms with van der Waals surface area (Å²) in [5.74, 6) is -1.83. The summed E-state index contributed by atoms with van der Waals surface area (Å²) < 4.78 is 16.6. The molecule has 0 rings (SSSR count). The fraction of sp³-hybridized carbons (Fsp3) is 0.694. The van der Waals surface area contributed by atoms with E-state index in [9.17, 15) is 19.5 Å². The molecule has 0 aromatic rings. The second-order valence-corrected chi connectivity index (χ2v) is 12.0. The summed E-state index contributed by atoms with van der Waals surface area (Å²) in [6.07, 6.45) is 29.9. The van der Waals surface area contributed by atoms with E-state index < -0.39 is 18.1 Å². The quantitative estimate of drug-likeness (QED) is 0.0432. The van der Waals surface area contributed by atoms with Gasteiger partial charge in [0, 0.05) is 19.3 Å². The van der Waals surface area contributed by atoms with Crippen LogP contribution in [0.5, 0.6) is 0 Å². The van der Waals surface area contributed by atoms with Gasteiger partial charge < -0.3 is 28.6 Å². The number of carbonyl (C=O) groups excluding carboxylic acids is 3. The van der Waals surface area contributed by atoms with Gasteiger partial charge in [0.1, 0.15) is 12.6 Å². The summed E-state index contributed by atoms with van der Waals surface area (Å²) in [7, 11) is 5.35. The SMILES string of the molecule is CC/C=C\C/C=C\C/C=C\C/C=C\CCCCCCCCC(=O)OC(COCCC(C(=O)[O-])[N+](C)(C)C)COC(=O)CCC.